The predicted octanol–water partition coefficient (Wildman–Crippen LogP) is 2.96. The molecule has 2 atom stereocenters. The lowest BCUT2D eigenvalue weighted by molar-refractivity contribution is 0.0476. The Morgan fingerprint density at radius 2 is 1.94 bits per heavy atom. The monoisotopic (exact) mass is 225 g/mol. The summed E-state index contributed by atoms with van der Waals surface area (Å²) in [6, 6.07) is 0. The fraction of sp³-hybridized carbons (Fsp3) is 1.00. The van der Waals surface area contributed by atoms with Crippen LogP contribution >= 0.6 is 0 Å². The second kappa shape index (κ2) is 5.50. The molecule has 2 rings (SSSR count). The molecule has 2 heteroatoms. The quantitative estimate of drug-likeness (QED) is 0.798. The first-order valence-electron chi connectivity index (χ1n) is 7.06. The third-order valence-corrected chi connectivity index (χ3v) is 4.88. The summed E-state index contributed by atoms with van der Waals surface area (Å²) in [5, 5.41) is 0. The predicted molar refractivity (Wildman–Crippen MR) is 67.3 cm³/mol. The Morgan fingerprint density at radius 1 is 1.19 bits per heavy atom. The van der Waals surface area contributed by atoms with Crippen LogP contribution in [-0.2, 0) is 4.74 Å². The van der Waals surface area contributed by atoms with Gasteiger partial charge in [0.1, 0.15) is 0 Å². The largest absolute Gasteiger partial charge is 0.381 e. The Balaban J connectivity index is 1.89. The van der Waals surface area contributed by atoms with Crippen LogP contribution in [0.2, 0.25) is 0 Å². The van der Waals surface area contributed by atoms with E-state index in [-0.39, 0.29) is 0 Å². The third-order valence-electron chi connectivity index (χ3n) is 4.88. The van der Waals surface area contributed by atoms with E-state index in [1.807, 2.05) is 0 Å². The number of ether oxygens (including phenoxy) is 1. The second-order valence-electron chi connectivity index (χ2n) is 5.98. The molecule has 1 aliphatic carbocycles. The van der Waals surface area contributed by atoms with Crippen LogP contribution in [0.4, 0.5) is 0 Å². The van der Waals surface area contributed by atoms with Crippen molar-refractivity contribution in [1.82, 2.24) is 0 Å². The van der Waals surface area contributed by atoms with Crippen LogP contribution in [0.15, 0.2) is 0 Å². The van der Waals surface area contributed by atoms with Crippen molar-refractivity contribution in [2.24, 2.45) is 23.0 Å². The Labute approximate surface area is 99.9 Å². The highest BCUT2D eigenvalue weighted by atomic mass is 16.5. The average molecular weight is 225 g/mol. The topological polar surface area (TPSA) is 35.2 Å². The van der Waals surface area contributed by atoms with Gasteiger partial charge in [0.15, 0.2) is 0 Å². The summed E-state index contributed by atoms with van der Waals surface area (Å²) in [4.78, 5) is 0. The van der Waals surface area contributed by atoms with Gasteiger partial charge in [0.25, 0.3) is 0 Å². The first kappa shape index (κ1) is 12.4. The molecule has 0 spiro atoms. The zero-order chi connectivity index (χ0) is 11.4. The van der Waals surface area contributed by atoms with Gasteiger partial charge in [0.2, 0.25) is 0 Å². The molecule has 2 aliphatic rings. The van der Waals surface area contributed by atoms with Crippen LogP contribution in [0.3, 0.4) is 0 Å². The standard InChI is InChI=1S/C14H27NO/c1-2-12-3-6-14(9-12,11-15)10-13-4-7-16-8-5-13/h12-13H,2-11,15H2,1H3. The number of rotatable bonds is 4. The maximum Gasteiger partial charge on any atom is 0.0468 e. The van der Waals surface area contributed by atoms with Crippen molar-refractivity contribution in [2.75, 3.05) is 19.8 Å². The third kappa shape index (κ3) is 2.78. The van der Waals surface area contributed by atoms with Crippen molar-refractivity contribution >= 4 is 0 Å². The van der Waals surface area contributed by atoms with Gasteiger partial charge in [-0.2, -0.15) is 0 Å². The van der Waals surface area contributed by atoms with Gasteiger partial charge in [0, 0.05) is 13.2 Å². The minimum absolute atomic E-state index is 0.489. The number of hydrogen-bond acceptors (Lipinski definition) is 2. The van der Waals surface area contributed by atoms with Crippen LogP contribution in [0.25, 0.3) is 0 Å². The molecular weight excluding hydrogens is 198 g/mol. The fourth-order valence-corrected chi connectivity index (χ4v) is 3.69. The van der Waals surface area contributed by atoms with E-state index < -0.39 is 0 Å². The smallest absolute Gasteiger partial charge is 0.0468 e. The number of nitrogens with two attached hydrogens (primary N) is 1. The van der Waals surface area contributed by atoms with Crippen molar-refractivity contribution in [2.45, 2.75) is 51.9 Å². The van der Waals surface area contributed by atoms with E-state index in [1.54, 1.807) is 0 Å². The highest BCUT2D eigenvalue weighted by Crippen LogP contribution is 2.47. The van der Waals surface area contributed by atoms with E-state index in [0.717, 1.165) is 31.6 Å². The molecule has 94 valence electrons. The van der Waals surface area contributed by atoms with Gasteiger partial charge >= 0.3 is 0 Å². The first-order valence-corrected chi connectivity index (χ1v) is 7.06. The van der Waals surface area contributed by atoms with E-state index in [0.29, 0.717) is 5.41 Å². The van der Waals surface area contributed by atoms with Gasteiger partial charge in [0.05, 0.1) is 0 Å². The van der Waals surface area contributed by atoms with Gasteiger partial charge in [-0.25, -0.2) is 0 Å². The van der Waals surface area contributed by atoms with Crippen molar-refractivity contribution in [3.8, 4) is 0 Å². The minimum Gasteiger partial charge on any atom is -0.381 e. The van der Waals surface area contributed by atoms with Crippen LogP contribution in [-0.4, -0.2) is 19.8 Å². The van der Waals surface area contributed by atoms with E-state index >= 15 is 0 Å². The van der Waals surface area contributed by atoms with Gasteiger partial charge < -0.3 is 10.5 Å². The molecular formula is C14H27NO. The van der Waals surface area contributed by atoms with Crippen molar-refractivity contribution < 1.29 is 4.74 Å². The molecule has 0 bridgehead atoms. The molecule has 0 aromatic carbocycles. The summed E-state index contributed by atoms with van der Waals surface area (Å²) in [6.07, 6.45) is 9.41. The molecule has 16 heavy (non-hydrogen) atoms. The molecule has 2 unspecified atom stereocenters. The first-order chi connectivity index (χ1) is 7.78. The lowest BCUT2D eigenvalue weighted by atomic mass is 9.75. The van der Waals surface area contributed by atoms with Gasteiger partial charge in [-0.1, -0.05) is 13.3 Å². The molecule has 2 fully saturated rings. The zero-order valence-corrected chi connectivity index (χ0v) is 10.7. The molecule has 1 saturated carbocycles. The Kier molecular flexibility index (Phi) is 4.26. The Hall–Kier alpha value is -0.0800. The van der Waals surface area contributed by atoms with Gasteiger partial charge in [-0.05, 0) is 62.3 Å². The lowest BCUT2D eigenvalue weighted by Gasteiger charge is -2.34. The second-order valence-corrected chi connectivity index (χ2v) is 5.98. The van der Waals surface area contributed by atoms with Crippen molar-refractivity contribution in [3.63, 3.8) is 0 Å². The van der Waals surface area contributed by atoms with Crippen LogP contribution in [0.5, 0.6) is 0 Å². The molecule has 1 heterocycles. The zero-order valence-electron chi connectivity index (χ0n) is 10.7. The molecule has 1 aliphatic heterocycles. The van der Waals surface area contributed by atoms with Crippen LogP contribution < -0.4 is 5.73 Å². The SMILES string of the molecule is CCC1CCC(CN)(CC2CCOCC2)C1. The van der Waals surface area contributed by atoms with Gasteiger partial charge in [-0.3, -0.25) is 0 Å². The molecule has 0 amide bonds. The molecule has 2 nitrogen and oxygen atoms in total. The van der Waals surface area contributed by atoms with E-state index in [1.165, 1.54) is 44.9 Å². The molecule has 0 radical (unpaired) electrons. The summed E-state index contributed by atoms with van der Waals surface area (Å²) < 4.78 is 5.44. The maximum atomic E-state index is 6.07. The van der Waals surface area contributed by atoms with Crippen molar-refractivity contribution in [1.29, 1.82) is 0 Å². The van der Waals surface area contributed by atoms with E-state index in [4.69, 9.17) is 10.5 Å². The Morgan fingerprint density at radius 3 is 2.50 bits per heavy atom. The molecule has 0 aromatic rings. The van der Waals surface area contributed by atoms with Crippen LogP contribution in [0.1, 0.15) is 51.9 Å². The fourth-order valence-electron chi connectivity index (χ4n) is 3.69. The van der Waals surface area contributed by atoms with Crippen LogP contribution in [0, 0.1) is 17.3 Å². The normalized spacial score (nSPS) is 36.8. The minimum atomic E-state index is 0.489. The molecule has 0 aromatic heterocycles. The van der Waals surface area contributed by atoms with E-state index in [9.17, 15) is 0 Å². The van der Waals surface area contributed by atoms with Crippen molar-refractivity contribution in [3.05, 3.63) is 0 Å². The highest BCUT2D eigenvalue weighted by Gasteiger charge is 2.39. The summed E-state index contributed by atoms with van der Waals surface area (Å²) >= 11 is 0. The lowest BCUT2D eigenvalue weighted by Crippen LogP contribution is -2.32. The highest BCUT2D eigenvalue weighted by molar-refractivity contribution is 4.91. The van der Waals surface area contributed by atoms with Gasteiger partial charge in [-0.15, -0.1) is 0 Å². The number of hydrogen-bond donors (Lipinski definition) is 1. The summed E-state index contributed by atoms with van der Waals surface area (Å²) in [5.41, 5.74) is 6.56. The maximum absolute atomic E-state index is 6.07. The molecule has 2 N–H and O–H groups in total. The summed E-state index contributed by atoms with van der Waals surface area (Å²) in [6.45, 7) is 5.18. The summed E-state index contributed by atoms with van der Waals surface area (Å²) in [7, 11) is 0. The summed E-state index contributed by atoms with van der Waals surface area (Å²) in [5.74, 6) is 1.83. The molecule has 1 saturated heterocycles. The average Bonchev–Trinajstić information content (AvgIpc) is 2.75. The Bertz CT molecular complexity index is 213. The van der Waals surface area contributed by atoms with E-state index in [2.05, 4.69) is 6.92 Å².